The predicted octanol–water partition coefficient (Wildman–Crippen LogP) is 3.20. The zero-order chi connectivity index (χ0) is 15.1. The van der Waals surface area contributed by atoms with Gasteiger partial charge in [-0.15, -0.1) is 10.2 Å². The van der Waals surface area contributed by atoms with Crippen LogP contribution in [0.3, 0.4) is 0 Å². The maximum absolute atomic E-state index is 4.77. The van der Waals surface area contributed by atoms with E-state index in [9.17, 15) is 0 Å². The summed E-state index contributed by atoms with van der Waals surface area (Å²) in [4.78, 5) is 0.884. The number of fused-ring (bicyclic) bond motifs is 1. The average Bonchev–Trinajstić information content (AvgIpc) is 3.21. The monoisotopic (exact) mass is 316 g/mol. The van der Waals surface area contributed by atoms with E-state index in [0.29, 0.717) is 5.92 Å². The Bertz CT molecular complexity index is 792. The molecule has 1 aliphatic rings. The second-order valence-electron chi connectivity index (χ2n) is 6.04. The molecule has 22 heavy (non-hydrogen) atoms. The third-order valence-corrected chi connectivity index (χ3v) is 5.31. The molecule has 0 aromatic carbocycles. The Kier molecular flexibility index (Phi) is 3.44. The van der Waals surface area contributed by atoms with Crippen molar-refractivity contribution in [1.82, 2.24) is 29.6 Å². The Morgan fingerprint density at radius 1 is 1.23 bits per heavy atom. The Morgan fingerprint density at radius 3 is 2.82 bits per heavy atom. The molecule has 0 spiro atoms. The van der Waals surface area contributed by atoms with Crippen molar-refractivity contribution in [2.75, 3.05) is 0 Å². The van der Waals surface area contributed by atoms with Gasteiger partial charge in [0, 0.05) is 13.0 Å². The molecule has 6 nitrogen and oxygen atoms in total. The van der Waals surface area contributed by atoms with E-state index in [1.165, 1.54) is 25.7 Å². The summed E-state index contributed by atoms with van der Waals surface area (Å²) in [6.45, 7) is 2.17. The summed E-state index contributed by atoms with van der Waals surface area (Å²) < 4.78 is 3.87. The molecule has 0 saturated heterocycles. The van der Waals surface area contributed by atoms with Crippen LogP contribution >= 0.6 is 11.3 Å². The predicted molar refractivity (Wildman–Crippen MR) is 86.1 cm³/mol. The molecule has 0 amide bonds. The fraction of sp³-hybridized carbons (Fsp3) is 0.600. The Morgan fingerprint density at radius 2 is 2.05 bits per heavy atom. The average molecular weight is 316 g/mol. The zero-order valence-electron chi connectivity index (χ0n) is 13.0. The van der Waals surface area contributed by atoms with Gasteiger partial charge in [0.05, 0.1) is 11.4 Å². The van der Waals surface area contributed by atoms with Crippen LogP contribution in [0.1, 0.15) is 56.5 Å². The maximum Gasteiger partial charge on any atom is 0.235 e. The maximum atomic E-state index is 4.77. The Labute approximate surface area is 133 Å². The molecule has 1 saturated carbocycles. The molecule has 0 N–H and O–H groups in total. The van der Waals surface area contributed by atoms with Crippen LogP contribution in [-0.4, -0.2) is 29.6 Å². The van der Waals surface area contributed by atoms with Gasteiger partial charge < -0.3 is 0 Å². The second kappa shape index (κ2) is 5.46. The number of hydrogen-bond donors (Lipinski definition) is 0. The minimum absolute atomic E-state index is 0.520. The molecule has 3 aromatic heterocycles. The van der Waals surface area contributed by atoms with E-state index in [1.54, 1.807) is 11.3 Å². The van der Waals surface area contributed by atoms with Gasteiger partial charge in [0.2, 0.25) is 4.96 Å². The third-order valence-electron chi connectivity index (χ3n) is 4.39. The van der Waals surface area contributed by atoms with Crippen LogP contribution in [0.25, 0.3) is 15.7 Å². The molecule has 0 aliphatic heterocycles. The van der Waals surface area contributed by atoms with Crippen molar-refractivity contribution >= 4 is 16.3 Å². The van der Waals surface area contributed by atoms with E-state index in [-0.39, 0.29) is 0 Å². The third kappa shape index (κ3) is 2.24. The smallest absolute Gasteiger partial charge is 0.235 e. The second-order valence-corrected chi connectivity index (χ2v) is 6.99. The Hall–Kier alpha value is -1.76. The molecule has 0 unspecified atom stereocenters. The van der Waals surface area contributed by atoms with E-state index in [2.05, 4.69) is 28.3 Å². The molecule has 3 aromatic rings. The van der Waals surface area contributed by atoms with Crippen molar-refractivity contribution in [2.24, 2.45) is 7.05 Å². The number of aryl methyl sites for hydroxylation is 2. The van der Waals surface area contributed by atoms with E-state index >= 15 is 0 Å². The van der Waals surface area contributed by atoms with Gasteiger partial charge in [0.1, 0.15) is 0 Å². The van der Waals surface area contributed by atoms with Crippen LogP contribution in [0, 0.1) is 0 Å². The van der Waals surface area contributed by atoms with Gasteiger partial charge in [-0.2, -0.15) is 14.7 Å². The molecule has 0 bridgehead atoms. The summed E-state index contributed by atoms with van der Waals surface area (Å²) in [6, 6.07) is 2.14. The van der Waals surface area contributed by atoms with Gasteiger partial charge in [-0.25, -0.2) is 0 Å². The minimum atomic E-state index is 0.520. The molecule has 7 heteroatoms. The van der Waals surface area contributed by atoms with Crippen LogP contribution in [0.2, 0.25) is 0 Å². The van der Waals surface area contributed by atoms with Crippen molar-refractivity contribution in [3.05, 3.63) is 17.6 Å². The highest BCUT2D eigenvalue weighted by molar-refractivity contribution is 7.19. The summed E-state index contributed by atoms with van der Waals surface area (Å²) >= 11 is 1.59. The van der Waals surface area contributed by atoms with Crippen molar-refractivity contribution in [3.63, 3.8) is 0 Å². The highest BCUT2D eigenvalue weighted by Gasteiger charge is 2.24. The number of nitrogens with zero attached hydrogens (tertiary/aromatic N) is 6. The lowest BCUT2D eigenvalue weighted by molar-refractivity contribution is 0.641. The first-order valence-electron chi connectivity index (χ1n) is 8.01. The summed E-state index contributed by atoms with van der Waals surface area (Å²) in [5, 5.41) is 19.0. The van der Waals surface area contributed by atoms with E-state index in [4.69, 9.17) is 5.10 Å². The molecule has 3 heterocycles. The molecular weight excluding hydrogens is 296 g/mol. The van der Waals surface area contributed by atoms with Crippen LogP contribution in [-0.2, 0) is 13.5 Å². The standard InChI is InChI=1S/C15H20N6S/c1-3-6-11-9-12(20(2)18-11)14-19-21-13(10-7-4-5-8-10)16-17-15(21)22-14/h9-10H,3-8H2,1-2H3. The topological polar surface area (TPSA) is 60.9 Å². The summed E-state index contributed by atoms with van der Waals surface area (Å²) in [5.41, 5.74) is 2.19. The minimum Gasteiger partial charge on any atom is -0.265 e. The van der Waals surface area contributed by atoms with Crippen molar-refractivity contribution in [3.8, 4) is 10.7 Å². The van der Waals surface area contributed by atoms with Crippen LogP contribution in [0.5, 0.6) is 0 Å². The van der Waals surface area contributed by atoms with Gasteiger partial charge in [-0.1, -0.05) is 37.5 Å². The molecule has 0 radical (unpaired) electrons. The first kappa shape index (κ1) is 13.9. The van der Waals surface area contributed by atoms with E-state index in [1.807, 2.05) is 16.2 Å². The summed E-state index contributed by atoms with van der Waals surface area (Å²) in [7, 11) is 1.98. The number of aromatic nitrogens is 6. The first-order valence-corrected chi connectivity index (χ1v) is 8.83. The van der Waals surface area contributed by atoms with E-state index in [0.717, 1.165) is 40.0 Å². The normalized spacial score (nSPS) is 16.1. The lowest BCUT2D eigenvalue weighted by Crippen LogP contribution is -2.01. The lowest BCUT2D eigenvalue weighted by atomic mass is 10.1. The molecular formula is C15H20N6S. The molecule has 1 fully saturated rings. The fourth-order valence-electron chi connectivity index (χ4n) is 3.28. The quantitative estimate of drug-likeness (QED) is 0.741. The van der Waals surface area contributed by atoms with Crippen molar-refractivity contribution < 1.29 is 0 Å². The van der Waals surface area contributed by atoms with Gasteiger partial charge >= 0.3 is 0 Å². The number of rotatable bonds is 4. The number of hydrogen-bond acceptors (Lipinski definition) is 5. The van der Waals surface area contributed by atoms with Gasteiger partial charge in [0.25, 0.3) is 0 Å². The fourth-order valence-corrected chi connectivity index (χ4v) is 4.17. The van der Waals surface area contributed by atoms with Gasteiger partial charge in [0.15, 0.2) is 10.8 Å². The van der Waals surface area contributed by atoms with Gasteiger partial charge in [-0.3, -0.25) is 4.68 Å². The lowest BCUT2D eigenvalue weighted by Gasteiger charge is -2.03. The van der Waals surface area contributed by atoms with Gasteiger partial charge in [-0.05, 0) is 25.3 Å². The molecule has 0 atom stereocenters. The largest absolute Gasteiger partial charge is 0.265 e. The first-order chi connectivity index (χ1) is 10.8. The Balaban J connectivity index is 1.73. The van der Waals surface area contributed by atoms with Crippen LogP contribution in [0.4, 0.5) is 0 Å². The summed E-state index contributed by atoms with van der Waals surface area (Å²) in [6.07, 6.45) is 7.11. The highest BCUT2D eigenvalue weighted by Crippen LogP contribution is 2.34. The highest BCUT2D eigenvalue weighted by atomic mass is 32.1. The molecule has 116 valence electrons. The van der Waals surface area contributed by atoms with Crippen molar-refractivity contribution in [2.45, 2.75) is 51.4 Å². The van der Waals surface area contributed by atoms with E-state index < -0.39 is 0 Å². The van der Waals surface area contributed by atoms with Crippen LogP contribution in [0.15, 0.2) is 6.07 Å². The van der Waals surface area contributed by atoms with Crippen LogP contribution < -0.4 is 0 Å². The SMILES string of the molecule is CCCc1cc(-c2nn3c(C4CCCC4)nnc3s2)n(C)n1. The molecule has 1 aliphatic carbocycles. The molecule has 4 rings (SSSR count). The van der Waals surface area contributed by atoms with Crippen molar-refractivity contribution in [1.29, 1.82) is 0 Å². The zero-order valence-corrected chi connectivity index (χ0v) is 13.8. The summed E-state index contributed by atoms with van der Waals surface area (Å²) in [5.74, 6) is 1.55.